The first-order chi connectivity index (χ1) is 15.5. The van der Waals surface area contributed by atoms with Crippen molar-refractivity contribution in [1.29, 1.82) is 0 Å². The molecule has 0 aliphatic carbocycles. The predicted octanol–water partition coefficient (Wildman–Crippen LogP) is 5.20. The molecule has 7 heteroatoms. The number of amides is 2. The molecule has 0 aromatic heterocycles. The Hall–Kier alpha value is -3.64. The summed E-state index contributed by atoms with van der Waals surface area (Å²) < 4.78 is 0. The first-order valence-corrected chi connectivity index (χ1v) is 10.7. The lowest BCUT2D eigenvalue weighted by molar-refractivity contribution is 0.0953. The molecule has 0 saturated carbocycles. The summed E-state index contributed by atoms with van der Waals surface area (Å²) in [6, 6.07) is 21.3. The maximum atomic E-state index is 12.4. The van der Waals surface area contributed by atoms with Crippen LogP contribution in [-0.2, 0) is 0 Å². The molecule has 2 N–H and O–H groups in total. The topological polar surface area (TPSA) is 73.8 Å². The molecule has 0 bridgehead atoms. The van der Waals surface area contributed by atoms with Gasteiger partial charge in [0.25, 0.3) is 11.8 Å². The molecule has 3 aromatic carbocycles. The zero-order chi connectivity index (χ0) is 22.9. The highest BCUT2D eigenvalue weighted by atomic mass is 35.5. The Bertz CT molecular complexity index is 1110. The first-order valence-electron chi connectivity index (χ1n) is 10.4. The van der Waals surface area contributed by atoms with Crippen molar-refractivity contribution in [3.8, 4) is 0 Å². The molecule has 6 nitrogen and oxygen atoms in total. The molecule has 0 fully saturated rings. The van der Waals surface area contributed by atoms with Crippen molar-refractivity contribution in [2.24, 2.45) is 5.10 Å². The molecule has 0 unspecified atom stereocenters. The van der Waals surface area contributed by atoms with E-state index in [1.54, 1.807) is 54.7 Å². The molecule has 0 spiro atoms. The summed E-state index contributed by atoms with van der Waals surface area (Å²) in [5, 5.41) is 7.29. The van der Waals surface area contributed by atoms with Gasteiger partial charge < -0.3 is 10.2 Å². The molecule has 0 aliphatic heterocycles. The number of hydrazone groups is 1. The smallest absolute Gasteiger partial charge is 0.271 e. The predicted molar refractivity (Wildman–Crippen MR) is 131 cm³/mol. The highest BCUT2D eigenvalue weighted by Gasteiger charge is 2.09. The number of hydrogen-bond donors (Lipinski definition) is 2. The van der Waals surface area contributed by atoms with E-state index in [0.717, 1.165) is 24.3 Å². The number of halogens is 1. The molecule has 0 heterocycles. The van der Waals surface area contributed by atoms with Gasteiger partial charge in [-0.3, -0.25) is 9.59 Å². The summed E-state index contributed by atoms with van der Waals surface area (Å²) in [5.41, 5.74) is 5.85. The Balaban J connectivity index is 1.60. The van der Waals surface area contributed by atoms with Crippen LogP contribution in [0, 0.1) is 0 Å². The molecule has 0 aliphatic rings. The zero-order valence-electron chi connectivity index (χ0n) is 18.0. The van der Waals surface area contributed by atoms with Crippen molar-refractivity contribution in [2.75, 3.05) is 23.3 Å². The molecule has 32 heavy (non-hydrogen) atoms. The Kier molecular flexibility index (Phi) is 8.00. The number of carbonyl (C=O) groups is 2. The summed E-state index contributed by atoms with van der Waals surface area (Å²) in [5.74, 6) is -0.684. The van der Waals surface area contributed by atoms with Crippen LogP contribution >= 0.6 is 11.6 Å². The average molecular weight is 449 g/mol. The van der Waals surface area contributed by atoms with Gasteiger partial charge >= 0.3 is 0 Å². The molecule has 3 aromatic rings. The minimum atomic E-state index is -0.375. The second kappa shape index (κ2) is 11.1. The van der Waals surface area contributed by atoms with Gasteiger partial charge in [-0.25, -0.2) is 5.43 Å². The van der Waals surface area contributed by atoms with Crippen LogP contribution < -0.4 is 15.6 Å². The van der Waals surface area contributed by atoms with Gasteiger partial charge in [0, 0.05) is 40.6 Å². The Morgan fingerprint density at radius 2 is 1.56 bits per heavy atom. The van der Waals surface area contributed by atoms with Crippen LogP contribution in [0.2, 0.25) is 5.02 Å². The molecule has 2 amide bonds. The lowest BCUT2D eigenvalue weighted by Gasteiger charge is -2.20. The van der Waals surface area contributed by atoms with Crippen molar-refractivity contribution in [2.45, 2.75) is 13.8 Å². The molecule has 3 rings (SSSR count). The van der Waals surface area contributed by atoms with E-state index in [1.807, 2.05) is 24.3 Å². The van der Waals surface area contributed by atoms with Gasteiger partial charge in [-0.05, 0) is 67.9 Å². The summed E-state index contributed by atoms with van der Waals surface area (Å²) in [4.78, 5) is 27.1. The Morgan fingerprint density at radius 1 is 0.906 bits per heavy atom. The quantitative estimate of drug-likeness (QED) is 0.367. The van der Waals surface area contributed by atoms with Crippen LogP contribution in [-0.4, -0.2) is 31.1 Å². The summed E-state index contributed by atoms with van der Waals surface area (Å²) in [6.07, 6.45) is 1.59. The van der Waals surface area contributed by atoms with Gasteiger partial charge in [-0.2, -0.15) is 5.10 Å². The monoisotopic (exact) mass is 448 g/mol. The fourth-order valence-electron chi connectivity index (χ4n) is 3.16. The van der Waals surface area contributed by atoms with Gasteiger partial charge in [0.05, 0.1) is 6.21 Å². The Labute approximate surface area is 192 Å². The number of benzene rings is 3. The van der Waals surface area contributed by atoms with Gasteiger partial charge in [-0.1, -0.05) is 35.9 Å². The molecule has 164 valence electrons. The lowest BCUT2D eigenvalue weighted by atomic mass is 10.1. The van der Waals surface area contributed by atoms with Crippen LogP contribution in [0.4, 0.5) is 11.4 Å². The second-order valence-electron chi connectivity index (χ2n) is 7.01. The standard InChI is InChI=1S/C25H25ClN4O2/c1-3-30(4-2)23-13-11-18(12-14-23)17-27-29-25(32)20-8-6-10-22(16-20)28-24(31)19-7-5-9-21(26)15-19/h5-17H,3-4H2,1-2H3,(H,28,31)(H,29,32)/b27-17+. The van der Waals surface area contributed by atoms with E-state index in [0.29, 0.717) is 21.8 Å². The minimum Gasteiger partial charge on any atom is -0.372 e. The average Bonchev–Trinajstić information content (AvgIpc) is 2.81. The van der Waals surface area contributed by atoms with Crippen LogP contribution in [0.1, 0.15) is 40.1 Å². The normalized spacial score (nSPS) is 10.7. The third kappa shape index (κ3) is 6.18. The minimum absolute atomic E-state index is 0.309. The van der Waals surface area contributed by atoms with Crippen molar-refractivity contribution in [3.05, 3.63) is 94.5 Å². The molecule has 0 atom stereocenters. The highest BCUT2D eigenvalue weighted by molar-refractivity contribution is 6.31. The van der Waals surface area contributed by atoms with Crippen molar-refractivity contribution >= 4 is 41.0 Å². The molecule has 0 radical (unpaired) electrons. The van der Waals surface area contributed by atoms with Gasteiger partial charge in [-0.15, -0.1) is 0 Å². The van der Waals surface area contributed by atoms with E-state index in [2.05, 4.69) is 34.6 Å². The van der Waals surface area contributed by atoms with E-state index >= 15 is 0 Å². The largest absolute Gasteiger partial charge is 0.372 e. The molecule has 0 saturated heterocycles. The fourth-order valence-corrected chi connectivity index (χ4v) is 3.35. The second-order valence-corrected chi connectivity index (χ2v) is 7.44. The summed E-state index contributed by atoms with van der Waals surface area (Å²) in [6.45, 7) is 6.12. The van der Waals surface area contributed by atoms with Gasteiger partial charge in [0.2, 0.25) is 0 Å². The van der Waals surface area contributed by atoms with Crippen molar-refractivity contribution in [1.82, 2.24) is 5.43 Å². The van der Waals surface area contributed by atoms with Crippen LogP contribution in [0.25, 0.3) is 0 Å². The number of carbonyl (C=O) groups excluding carboxylic acids is 2. The number of nitrogens with zero attached hydrogens (tertiary/aromatic N) is 2. The zero-order valence-corrected chi connectivity index (χ0v) is 18.8. The van der Waals surface area contributed by atoms with E-state index in [9.17, 15) is 9.59 Å². The van der Waals surface area contributed by atoms with Gasteiger partial charge in [0.1, 0.15) is 0 Å². The van der Waals surface area contributed by atoms with Crippen molar-refractivity contribution < 1.29 is 9.59 Å². The van der Waals surface area contributed by atoms with E-state index in [-0.39, 0.29) is 11.8 Å². The van der Waals surface area contributed by atoms with E-state index in [4.69, 9.17) is 11.6 Å². The highest BCUT2D eigenvalue weighted by Crippen LogP contribution is 2.16. The fraction of sp³-hybridized carbons (Fsp3) is 0.160. The summed E-state index contributed by atoms with van der Waals surface area (Å²) >= 11 is 5.94. The van der Waals surface area contributed by atoms with Crippen LogP contribution in [0.5, 0.6) is 0 Å². The van der Waals surface area contributed by atoms with E-state index < -0.39 is 0 Å². The molecular weight excluding hydrogens is 424 g/mol. The van der Waals surface area contributed by atoms with Crippen LogP contribution in [0.15, 0.2) is 77.9 Å². The lowest BCUT2D eigenvalue weighted by Crippen LogP contribution is -2.21. The maximum Gasteiger partial charge on any atom is 0.271 e. The number of hydrogen-bond acceptors (Lipinski definition) is 4. The molecular formula is C25H25ClN4O2. The van der Waals surface area contributed by atoms with Gasteiger partial charge in [0.15, 0.2) is 0 Å². The Morgan fingerprint density at radius 3 is 2.22 bits per heavy atom. The first kappa shape index (κ1) is 23.0. The third-order valence-electron chi connectivity index (χ3n) is 4.87. The van der Waals surface area contributed by atoms with E-state index in [1.165, 1.54) is 0 Å². The van der Waals surface area contributed by atoms with Crippen molar-refractivity contribution in [3.63, 3.8) is 0 Å². The number of anilines is 2. The SMILES string of the molecule is CCN(CC)c1ccc(/C=N/NC(=O)c2cccc(NC(=O)c3cccc(Cl)c3)c2)cc1. The summed E-state index contributed by atoms with van der Waals surface area (Å²) in [7, 11) is 0. The number of nitrogens with one attached hydrogen (secondary N) is 2. The number of rotatable bonds is 8. The third-order valence-corrected chi connectivity index (χ3v) is 5.11. The van der Waals surface area contributed by atoms with Crippen LogP contribution in [0.3, 0.4) is 0 Å². The maximum absolute atomic E-state index is 12.4.